The highest BCUT2D eigenvalue weighted by Crippen LogP contribution is 2.48. The van der Waals surface area contributed by atoms with Gasteiger partial charge in [-0.1, -0.05) is 11.6 Å². The van der Waals surface area contributed by atoms with E-state index < -0.39 is 0 Å². The number of halogens is 1. The van der Waals surface area contributed by atoms with Crippen molar-refractivity contribution < 1.29 is 28.5 Å². The molecule has 0 radical (unpaired) electrons. The van der Waals surface area contributed by atoms with Gasteiger partial charge in [-0.25, -0.2) is 4.79 Å². The van der Waals surface area contributed by atoms with Crippen LogP contribution in [0.4, 0.5) is 10.5 Å². The Balaban J connectivity index is 1.34. The number of morpholine rings is 1. The second kappa shape index (κ2) is 12.6. The quantitative estimate of drug-likeness (QED) is 0.352. The van der Waals surface area contributed by atoms with Gasteiger partial charge in [0.05, 0.1) is 41.4 Å². The van der Waals surface area contributed by atoms with Gasteiger partial charge in [0.2, 0.25) is 5.75 Å². The van der Waals surface area contributed by atoms with Crippen molar-refractivity contribution in [3.8, 4) is 28.7 Å². The van der Waals surface area contributed by atoms with Crippen LogP contribution in [0, 0.1) is 0 Å². The molecule has 3 aromatic rings. The summed E-state index contributed by atoms with van der Waals surface area (Å²) < 4.78 is 29.8. The fraction of sp³-hybridized carbons (Fsp3) is 0.429. The molecule has 208 valence electrons. The molecule has 1 saturated heterocycles. The van der Waals surface area contributed by atoms with Crippen LogP contribution in [0.25, 0.3) is 10.9 Å². The fourth-order valence-corrected chi connectivity index (χ4v) is 4.69. The number of ether oxygens (including phenoxy) is 5. The number of urea groups is 1. The van der Waals surface area contributed by atoms with Crippen LogP contribution in [-0.2, 0) is 4.74 Å². The molecular formula is C28H33ClN4O6. The lowest BCUT2D eigenvalue weighted by atomic mass is 10.1. The largest absolute Gasteiger partial charge is 0.489 e. The number of rotatable bonds is 9. The number of amides is 2. The molecule has 39 heavy (non-hydrogen) atoms. The van der Waals surface area contributed by atoms with E-state index in [4.69, 9.17) is 35.3 Å². The number of pyridine rings is 1. The van der Waals surface area contributed by atoms with Crippen molar-refractivity contribution in [3.05, 3.63) is 41.6 Å². The smallest absolute Gasteiger partial charge is 0.319 e. The molecule has 1 fully saturated rings. The van der Waals surface area contributed by atoms with Gasteiger partial charge in [0.25, 0.3) is 0 Å². The van der Waals surface area contributed by atoms with Crippen LogP contribution in [0.1, 0.15) is 20.3 Å². The number of hydrogen-bond acceptors (Lipinski definition) is 8. The zero-order chi connectivity index (χ0) is 27.2. The molecule has 0 bridgehead atoms. The third kappa shape index (κ3) is 6.76. The SMILES string of the molecule is CC(C)NC(=O)Nc1ccc(Oc2ccnc3cc(OCCCN4CCOCC4)c4c(c23)OCCO4)cc1Cl. The van der Waals surface area contributed by atoms with Crippen LogP contribution in [0.5, 0.6) is 28.7 Å². The molecule has 0 saturated carbocycles. The van der Waals surface area contributed by atoms with Crippen LogP contribution in [0.2, 0.25) is 5.02 Å². The van der Waals surface area contributed by atoms with E-state index >= 15 is 0 Å². The van der Waals surface area contributed by atoms with E-state index in [1.54, 1.807) is 30.5 Å². The molecule has 2 N–H and O–H groups in total. The van der Waals surface area contributed by atoms with Crippen molar-refractivity contribution in [1.82, 2.24) is 15.2 Å². The first-order valence-electron chi connectivity index (χ1n) is 13.2. The topological polar surface area (TPSA) is 103 Å². The van der Waals surface area contributed by atoms with E-state index in [1.807, 2.05) is 19.9 Å². The summed E-state index contributed by atoms with van der Waals surface area (Å²) in [6.07, 6.45) is 2.55. The minimum Gasteiger partial charge on any atom is -0.489 e. The molecule has 0 unspecified atom stereocenters. The minimum absolute atomic E-state index is 0.00416. The predicted octanol–water partition coefficient (Wildman–Crippen LogP) is 5.08. The Morgan fingerprint density at radius 3 is 2.64 bits per heavy atom. The molecular weight excluding hydrogens is 524 g/mol. The lowest BCUT2D eigenvalue weighted by Crippen LogP contribution is -2.37. The van der Waals surface area contributed by atoms with Crippen molar-refractivity contribution in [1.29, 1.82) is 0 Å². The van der Waals surface area contributed by atoms with Gasteiger partial charge >= 0.3 is 6.03 Å². The van der Waals surface area contributed by atoms with Gasteiger partial charge in [-0.15, -0.1) is 0 Å². The Kier molecular flexibility index (Phi) is 8.75. The number of carbonyl (C=O) groups is 1. The van der Waals surface area contributed by atoms with E-state index in [1.165, 1.54) is 0 Å². The Hall–Kier alpha value is -3.47. The highest BCUT2D eigenvalue weighted by atomic mass is 35.5. The maximum atomic E-state index is 12.1. The second-order valence-corrected chi connectivity index (χ2v) is 9.99. The van der Waals surface area contributed by atoms with Crippen molar-refractivity contribution in [2.24, 2.45) is 0 Å². The van der Waals surface area contributed by atoms with Crippen molar-refractivity contribution in [2.45, 2.75) is 26.3 Å². The first kappa shape index (κ1) is 27.1. The molecule has 3 heterocycles. The highest BCUT2D eigenvalue weighted by molar-refractivity contribution is 6.33. The fourth-order valence-electron chi connectivity index (χ4n) is 4.47. The molecule has 5 rings (SSSR count). The summed E-state index contributed by atoms with van der Waals surface area (Å²) in [5, 5.41) is 6.54. The van der Waals surface area contributed by atoms with Crippen LogP contribution < -0.4 is 29.6 Å². The zero-order valence-electron chi connectivity index (χ0n) is 22.1. The Bertz CT molecular complexity index is 1310. The van der Waals surface area contributed by atoms with Crippen LogP contribution in [0.3, 0.4) is 0 Å². The highest BCUT2D eigenvalue weighted by Gasteiger charge is 2.25. The van der Waals surface area contributed by atoms with E-state index in [9.17, 15) is 4.79 Å². The number of nitrogens with one attached hydrogen (secondary N) is 2. The first-order chi connectivity index (χ1) is 19.0. The normalized spacial score (nSPS) is 15.3. The average molecular weight is 557 g/mol. The Labute approximate surface area is 232 Å². The Morgan fingerprint density at radius 2 is 1.87 bits per heavy atom. The standard InChI is InChI=1S/C28H33ClN4O6/c1-18(2)31-28(34)32-21-5-4-19(16-20(21)29)39-23-6-7-30-22-17-24(26-27(25(22)23)38-15-14-37-26)36-11-3-8-33-9-12-35-13-10-33/h4-7,16-18H,3,8-15H2,1-2H3,(H2,31,32,34). The molecule has 2 aromatic carbocycles. The number of benzene rings is 2. The molecule has 0 atom stereocenters. The van der Waals surface area contributed by atoms with Gasteiger partial charge in [0.1, 0.15) is 24.7 Å². The maximum absolute atomic E-state index is 12.1. The third-order valence-electron chi connectivity index (χ3n) is 6.26. The van der Waals surface area contributed by atoms with Gasteiger partial charge < -0.3 is 34.3 Å². The maximum Gasteiger partial charge on any atom is 0.319 e. The van der Waals surface area contributed by atoms with Gasteiger partial charge in [-0.2, -0.15) is 0 Å². The molecule has 1 aromatic heterocycles. The monoisotopic (exact) mass is 556 g/mol. The molecule has 0 spiro atoms. The lowest BCUT2D eigenvalue weighted by Gasteiger charge is -2.26. The number of nitrogens with zero attached hydrogens (tertiary/aromatic N) is 2. The predicted molar refractivity (Wildman–Crippen MR) is 149 cm³/mol. The third-order valence-corrected chi connectivity index (χ3v) is 6.57. The van der Waals surface area contributed by atoms with Gasteiger partial charge in [0, 0.05) is 44.0 Å². The van der Waals surface area contributed by atoms with Crippen LogP contribution in [0.15, 0.2) is 36.5 Å². The number of carbonyl (C=O) groups excluding carboxylic acids is 1. The summed E-state index contributed by atoms with van der Waals surface area (Å²) in [7, 11) is 0. The first-order valence-corrected chi connectivity index (χ1v) is 13.5. The number of hydrogen-bond donors (Lipinski definition) is 2. The van der Waals surface area contributed by atoms with E-state index in [2.05, 4.69) is 20.5 Å². The summed E-state index contributed by atoms with van der Waals surface area (Å²) in [5.41, 5.74) is 1.14. The van der Waals surface area contributed by atoms with Crippen molar-refractivity contribution in [3.63, 3.8) is 0 Å². The number of aromatic nitrogens is 1. The van der Waals surface area contributed by atoms with E-state index in [-0.39, 0.29) is 12.1 Å². The van der Waals surface area contributed by atoms with Gasteiger partial charge in [0.15, 0.2) is 11.5 Å². The molecule has 0 aliphatic carbocycles. The molecule has 2 amide bonds. The summed E-state index contributed by atoms with van der Waals surface area (Å²) >= 11 is 6.44. The van der Waals surface area contributed by atoms with Gasteiger partial charge in [-0.05, 0) is 38.5 Å². The number of anilines is 1. The summed E-state index contributed by atoms with van der Waals surface area (Å²) in [6.45, 7) is 9.55. The minimum atomic E-state index is -0.330. The summed E-state index contributed by atoms with van der Waals surface area (Å²) in [4.78, 5) is 19.0. The molecule has 2 aliphatic rings. The van der Waals surface area contributed by atoms with Crippen LogP contribution >= 0.6 is 11.6 Å². The van der Waals surface area contributed by atoms with E-state index in [0.717, 1.165) is 39.3 Å². The lowest BCUT2D eigenvalue weighted by molar-refractivity contribution is 0.0357. The molecule has 11 heteroatoms. The van der Waals surface area contributed by atoms with Crippen LogP contribution in [-0.4, -0.2) is 74.6 Å². The molecule has 10 nitrogen and oxygen atoms in total. The van der Waals surface area contributed by atoms with E-state index in [0.29, 0.717) is 70.2 Å². The summed E-state index contributed by atoms with van der Waals surface area (Å²) in [5.74, 6) is 2.72. The van der Waals surface area contributed by atoms with Crippen molar-refractivity contribution >= 4 is 34.2 Å². The second-order valence-electron chi connectivity index (χ2n) is 9.59. The Morgan fingerprint density at radius 1 is 1.08 bits per heavy atom. The van der Waals surface area contributed by atoms with Crippen molar-refractivity contribution in [2.75, 3.05) is 58.0 Å². The average Bonchev–Trinajstić information content (AvgIpc) is 2.93. The zero-order valence-corrected chi connectivity index (χ0v) is 22.9. The molecule has 2 aliphatic heterocycles. The number of fused-ring (bicyclic) bond motifs is 3. The van der Waals surface area contributed by atoms with Gasteiger partial charge in [-0.3, -0.25) is 9.88 Å². The summed E-state index contributed by atoms with van der Waals surface area (Å²) in [6, 6.07) is 8.37.